The molecule has 0 saturated heterocycles. The zero-order valence-electron chi connectivity index (χ0n) is 19.1. The van der Waals surface area contributed by atoms with Gasteiger partial charge in [-0.15, -0.1) is 9.83 Å². The third kappa shape index (κ3) is 5.14. The van der Waals surface area contributed by atoms with E-state index in [1.807, 2.05) is 0 Å². The molecule has 4 aromatic rings. The van der Waals surface area contributed by atoms with Crippen molar-refractivity contribution in [2.75, 3.05) is 27.9 Å². The van der Waals surface area contributed by atoms with E-state index < -0.39 is 18.1 Å². The Kier molecular flexibility index (Phi) is 7.06. The van der Waals surface area contributed by atoms with Gasteiger partial charge in [-0.25, -0.2) is 9.78 Å². The van der Waals surface area contributed by atoms with E-state index in [0.717, 1.165) is 10.3 Å². The Morgan fingerprint density at radius 1 is 1.00 bits per heavy atom. The Labute approximate surface area is 204 Å². The molecule has 0 radical (unpaired) electrons. The molecule has 0 amide bonds. The van der Waals surface area contributed by atoms with E-state index in [2.05, 4.69) is 10.1 Å². The van der Waals surface area contributed by atoms with Gasteiger partial charge >= 0.3 is 5.97 Å². The molecule has 0 N–H and O–H groups in total. The van der Waals surface area contributed by atoms with Gasteiger partial charge in [0.2, 0.25) is 18.4 Å². The first-order chi connectivity index (χ1) is 16.9. The third-order valence-corrected chi connectivity index (χ3v) is 5.14. The van der Waals surface area contributed by atoms with E-state index in [-0.39, 0.29) is 29.7 Å². The maximum atomic E-state index is 13.2. The largest absolute Gasteiger partial charge is 0.497 e. The van der Waals surface area contributed by atoms with Crippen LogP contribution in [0.3, 0.4) is 0 Å². The summed E-state index contributed by atoms with van der Waals surface area (Å²) in [5.41, 5.74) is 0.478. The predicted molar refractivity (Wildman–Crippen MR) is 125 cm³/mol. The molecule has 0 aliphatic rings. The highest BCUT2D eigenvalue weighted by molar-refractivity contribution is 6.31. The van der Waals surface area contributed by atoms with E-state index in [1.54, 1.807) is 37.4 Å². The molecule has 0 saturated carbocycles. The second-order valence-electron chi connectivity index (χ2n) is 7.10. The Hall–Kier alpha value is -4.25. The number of nitrogens with zero attached hydrogens (tertiary/aromatic N) is 4. The zero-order chi connectivity index (χ0) is 24.9. The van der Waals surface area contributed by atoms with Gasteiger partial charge in [0.25, 0.3) is 11.5 Å². The van der Waals surface area contributed by atoms with Gasteiger partial charge in [-0.3, -0.25) is 4.79 Å². The van der Waals surface area contributed by atoms with E-state index in [0.29, 0.717) is 16.3 Å². The molecule has 2 aromatic carbocycles. The van der Waals surface area contributed by atoms with Crippen molar-refractivity contribution in [2.45, 2.75) is 6.61 Å². The van der Waals surface area contributed by atoms with Crippen molar-refractivity contribution in [1.82, 2.24) is 19.5 Å². The van der Waals surface area contributed by atoms with Crippen LogP contribution in [0.2, 0.25) is 5.02 Å². The number of carbonyl (C=O) groups is 1. The standard InChI is InChI=1S/C23H21ClN4O7/c1-31-16-7-4-14(5-8-16)12-34-21(29)13-35-28-22(30)17-9-6-15(24)10-18(17)25-23(28)27-20(33-3)11-19(26-27)32-2/h4-11H,12-13H2,1-3H3. The molecule has 0 atom stereocenters. The first-order valence-electron chi connectivity index (χ1n) is 10.3. The van der Waals surface area contributed by atoms with Crippen molar-refractivity contribution in [3.63, 3.8) is 0 Å². The minimum Gasteiger partial charge on any atom is -0.497 e. The first kappa shape index (κ1) is 23.9. The average Bonchev–Trinajstić information content (AvgIpc) is 3.30. The quantitative estimate of drug-likeness (QED) is 0.319. The molecule has 0 bridgehead atoms. The molecule has 0 aliphatic heterocycles. The topological polar surface area (TPSA) is 116 Å². The highest BCUT2D eigenvalue weighted by Crippen LogP contribution is 2.23. The Morgan fingerprint density at radius 3 is 2.46 bits per heavy atom. The van der Waals surface area contributed by atoms with Gasteiger partial charge in [-0.05, 0) is 35.9 Å². The highest BCUT2D eigenvalue weighted by Gasteiger charge is 2.21. The molecular weight excluding hydrogens is 480 g/mol. The fourth-order valence-corrected chi connectivity index (χ4v) is 3.32. The van der Waals surface area contributed by atoms with Gasteiger partial charge in [-0.2, -0.15) is 4.68 Å². The van der Waals surface area contributed by atoms with Gasteiger partial charge in [-0.1, -0.05) is 23.7 Å². The van der Waals surface area contributed by atoms with Crippen LogP contribution in [0.1, 0.15) is 5.56 Å². The van der Waals surface area contributed by atoms with Crippen LogP contribution in [-0.2, 0) is 16.1 Å². The lowest BCUT2D eigenvalue weighted by Gasteiger charge is -2.14. The first-order valence-corrected chi connectivity index (χ1v) is 10.6. The molecule has 2 heterocycles. The zero-order valence-corrected chi connectivity index (χ0v) is 19.8. The maximum absolute atomic E-state index is 13.2. The molecule has 4 rings (SSSR count). The smallest absolute Gasteiger partial charge is 0.347 e. The Bertz CT molecular complexity index is 1420. The summed E-state index contributed by atoms with van der Waals surface area (Å²) in [6, 6.07) is 13.1. The molecule has 0 spiro atoms. The summed E-state index contributed by atoms with van der Waals surface area (Å²) in [4.78, 5) is 35.6. The number of aromatic nitrogens is 4. The molecule has 0 unspecified atom stereocenters. The van der Waals surface area contributed by atoms with Crippen molar-refractivity contribution in [3.8, 4) is 23.5 Å². The van der Waals surface area contributed by atoms with E-state index in [1.165, 1.54) is 37.1 Å². The van der Waals surface area contributed by atoms with Crippen LogP contribution in [0, 0.1) is 0 Å². The van der Waals surface area contributed by atoms with Crippen LogP contribution in [0.4, 0.5) is 0 Å². The molecule has 2 aromatic heterocycles. The number of esters is 1. The summed E-state index contributed by atoms with van der Waals surface area (Å²) in [6.07, 6.45) is 0. The molecule has 0 fully saturated rings. The molecule has 11 nitrogen and oxygen atoms in total. The van der Waals surface area contributed by atoms with Crippen LogP contribution in [0.15, 0.2) is 53.3 Å². The van der Waals surface area contributed by atoms with Gasteiger partial charge < -0.3 is 23.8 Å². The number of fused-ring (bicyclic) bond motifs is 1. The van der Waals surface area contributed by atoms with Gasteiger partial charge in [0.15, 0.2) is 0 Å². The number of hydrogen-bond donors (Lipinski definition) is 0. The summed E-state index contributed by atoms with van der Waals surface area (Å²) >= 11 is 6.08. The minimum atomic E-state index is -0.695. The fourth-order valence-electron chi connectivity index (χ4n) is 3.16. The van der Waals surface area contributed by atoms with Crippen molar-refractivity contribution in [2.24, 2.45) is 0 Å². The van der Waals surface area contributed by atoms with Gasteiger partial charge in [0, 0.05) is 5.02 Å². The van der Waals surface area contributed by atoms with Crippen molar-refractivity contribution in [1.29, 1.82) is 0 Å². The molecule has 182 valence electrons. The van der Waals surface area contributed by atoms with Crippen LogP contribution < -0.4 is 24.6 Å². The van der Waals surface area contributed by atoms with Crippen molar-refractivity contribution < 1.29 is 28.6 Å². The number of carbonyl (C=O) groups excluding carboxylic acids is 1. The lowest BCUT2D eigenvalue weighted by atomic mass is 10.2. The van der Waals surface area contributed by atoms with Crippen LogP contribution >= 0.6 is 11.6 Å². The Balaban J connectivity index is 1.62. The van der Waals surface area contributed by atoms with E-state index in [4.69, 9.17) is 35.4 Å². The lowest BCUT2D eigenvalue weighted by Crippen LogP contribution is -2.35. The second-order valence-corrected chi connectivity index (χ2v) is 7.53. The summed E-state index contributed by atoms with van der Waals surface area (Å²) in [5.74, 6) is 0.348. The molecular formula is C23H21ClN4O7. The van der Waals surface area contributed by atoms with Crippen molar-refractivity contribution in [3.05, 3.63) is 69.5 Å². The number of halogens is 1. The highest BCUT2D eigenvalue weighted by atomic mass is 35.5. The minimum absolute atomic E-state index is 0.0204. The van der Waals surface area contributed by atoms with Crippen molar-refractivity contribution >= 4 is 28.5 Å². The maximum Gasteiger partial charge on any atom is 0.347 e. The molecule has 0 aliphatic carbocycles. The lowest BCUT2D eigenvalue weighted by molar-refractivity contribution is -0.150. The molecule has 12 heteroatoms. The Morgan fingerprint density at radius 2 is 1.77 bits per heavy atom. The normalized spacial score (nSPS) is 10.7. The van der Waals surface area contributed by atoms with E-state index >= 15 is 0 Å². The predicted octanol–water partition coefficient (Wildman–Crippen LogP) is 2.43. The molecule has 35 heavy (non-hydrogen) atoms. The number of ether oxygens (including phenoxy) is 4. The number of methoxy groups -OCH3 is 3. The summed E-state index contributed by atoms with van der Waals surface area (Å²) < 4.78 is 22.9. The van der Waals surface area contributed by atoms with Crippen LogP contribution in [-0.4, -0.2) is 53.4 Å². The fraction of sp³-hybridized carbons (Fsp3) is 0.217. The van der Waals surface area contributed by atoms with Gasteiger partial charge in [0.1, 0.15) is 12.4 Å². The van der Waals surface area contributed by atoms with Crippen LogP contribution in [0.25, 0.3) is 16.9 Å². The monoisotopic (exact) mass is 500 g/mol. The average molecular weight is 501 g/mol. The summed E-state index contributed by atoms with van der Waals surface area (Å²) in [5, 5.41) is 4.84. The number of benzene rings is 2. The summed E-state index contributed by atoms with van der Waals surface area (Å²) in [7, 11) is 4.42. The summed E-state index contributed by atoms with van der Waals surface area (Å²) in [6.45, 7) is -0.544. The van der Waals surface area contributed by atoms with Gasteiger partial charge in [0.05, 0.1) is 38.3 Å². The van der Waals surface area contributed by atoms with E-state index in [9.17, 15) is 9.59 Å². The number of rotatable bonds is 9. The van der Waals surface area contributed by atoms with Crippen LogP contribution in [0.5, 0.6) is 17.5 Å². The SMILES string of the molecule is COc1ccc(COC(=O)COn2c(-n3nc(OC)cc3OC)nc3cc(Cl)ccc3c2=O)cc1. The second kappa shape index (κ2) is 10.3. The number of hydrogen-bond acceptors (Lipinski definition) is 9. The third-order valence-electron chi connectivity index (χ3n) is 4.91.